The van der Waals surface area contributed by atoms with Gasteiger partial charge in [-0.15, -0.1) is 11.3 Å². The van der Waals surface area contributed by atoms with Crippen LogP contribution in [0.4, 0.5) is 0 Å². The zero-order valence-corrected chi connectivity index (χ0v) is 14.1. The van der Waals surface area contributed by atoms with E-state index in [1.807, 2.05) is 20.8 Å². The van der Waals surface area contributed by atoms with Crippen LogP contribution in [0.5, 0.6) is 0 Å². The van der Waals surface area contributed by atoms with E-state index in [2.05, 4.69) is 24.1 Å². The predicted octanol–water partition coefficient (Wildman–Crippen LogP) is 3.09. The molecular formula is C15H27N3OS. The molecule has 0 saturated carbocycles. The zero-order valence-electron chi connectivity index (χ0n) is 13.2. The van der Waals surface area contributed by atoms with Crippen LogP contribution in [0, 0.1) is 19.3 Å². The first-order valence-electron chi connectivity index (χ1n) is 7.18. The van der Waals surface area contributed by atoms with Crippen LogP contribution in [0.25, 0.3) is 0 Å². The summed E-state index contributed by atoms with van der Waals surface area (Å²) in [4.78, 5) is 17.6. The van der Waals surface area contributed by atoms with Gasteiger partial charge in [0.15, 0.2) is 0 Å². The number of aromatic nitrogens is 1. The van der Waals surface area contributed by atoms with Crippen molar-refractivity contribution >= 4 is 17.2 Å². The molecule has 0 aliphatic heterocycles. The second-order valence-electron chi connectivity index (χ2n) is 6.17. The Morgan fingerprint density at radius 1 is 1.40 bits per heavy atom. The number of nitrogens with two attached hydrogens (primary N) is 1. The Labute approximate surface area is 126 Å². The molecule has 20 heavy (non-hydrogen) atoms. The van der Waals surface area contributed by atoms with E-state index in [0.717, 1.165) is 28.4 Å². The SMILES string of the molecule is Cc1nc(C)c(C(C)NC(=O)CCC(C)(C)CCN)s1. The van der Waals surface area contributed by atoms with Crippen molar-refractivity contribution in [1.29, 1.82) is 0 Å². The summed E-state index contributed by atoms with van der Waals surface area (Å²) in [6.07, 6.45) is 2.36. The third kappa shape index (κ3) is 5.21. The average molecular weight is 297 g/mol. The van der Waals surface area contributed by atoms with E-state index in [4.69, 9.17) is 5.73 Å². The molecule has 1 rings (SSSR count). The summed E-state index contributed by atoms with van der Waals surface area (Å²) < 4.78 is 0. The lowest BCUT2D eigenvalue weighted by Gasteiger charge is -2.23. The molecule has 0 aliphatic rings. The van der Waals surface area contributed by atoms with Crippen molar-refractivity contribution in [2.75, 3.05) is 6.54 Å². The van der Waals surface area contributed by atoms with Crippen molar-refractivity contribution in [3.8, 4) is 0 Å². The second kappa shape index (κ2) is 7.18. The molecule has 1 unspecified atom stereocenters. The van der Waals surface area contributed by atoms with Crippen LogP contribution in [0.1, 0.15) is 61.7 Å². The molecule has 0 radical (unpaired) electrons. The lowest BCUT2D eigenvalue weighted by atomic mass is 9.84. The lowest BCUT2D eigenvalue weighted by molar-refractivity contribution is -0.122. The molecule has 0 aromatic carbocycles. The number of hydrogen-bond acceptors (Lipinski definition) is 4. The van der Waals surface area contributed by atoms with E-state index in [-0.39, 0.29) is 17.4 Å². The Bertz CT molecular complexity index is 454. The maximum atomic E-state index is 12.0. The number of carbonyl (C=O) groups excluding carboxylic acids is 1. The Hall–Kier alpha value is -0.940. The standard InChI is InChI=1S/C15H27N3OS/c1-10-14(20-12(3)17-10)11(2)18-13(19)6-7-15(4,5)8-9-16/h11H,6-9,16H2,1-5H3,(H,18,19). The molecule has 0 fully saturated rings. The molecule has 1 amide bonds. The Morgan fingerprint density at radius 2 is 2.05 bits per heavy atom. The van der Waals surface area contributed by atoms with Gasteiger partial charge in [-0.3, -0.25) is 4.79 Å². The van der Waals surface area contributed by atoms with Gasteiger partial charge in [0, 0.05) is 11.3 Å². The molecule has 4 nitrogen and oxygen atoms in total. The largest absolute Gasteiger partial charge is 0.349 e. The number of carbonyl (C=O) groups is 1. The summed E-state index contributed by atoms with van der Waals surface area (Å²) in [5.74, 6) is 0.105. The molecule has 5 heteroatoms. The van der Waals surface area contributed by atoms with Crippen LogP contribution in [0.2, 0.25) is 0 Å². The molecule has 1 aromatic heterocycles. The van der Waals surface area contributed by atoms with Crippen LogP contribution < -0.4 is 11.1 Å². The van der Waals surface area contributed by atoms with Crippen LogP contribution in [-0.4, -0.2) is 17.4 Å². The topological polar surface area (TPSA) is 68.0 Å². The van der Waals surface area contributed by atoms with Crippen molar-refractivity contribution in [3.05, 3.63) is 15.6 Å². The maximum Gasteiger partial charge on any atom is 0.220 e. The van der Waals surface area contributed by atoms with E-state index < -0.39 is 0 Å². The fourth-order valence-corrected chi connectivity index (χ4v) is 3.23. The van der Waals surface area contributed by atoms with E-state index in [1.165, 1.54) is 0 Å². The third-order valence-corrected chi connectivity index (χ3v) is 4.82. The zero-order chi connectivity index (χ0) is 15.3. The minimum atomic E-state index is 0.0336. The van der Waals surface area contributed by atoms with Gasteiger partial charge in [0.1, 0.15) is 0 Å². The van der Waals surface area contributed by atoms with Gasteiger partial charge in [0.05, 0.1) is 16.7 Å². The van der Waals surface area contributed by atoms with Crippen LogP contribution in [0.3, 0.4) is 0 Å². The summed E-state index contributed by atoms with van der Waals surface area (Å²) in [5, 5.41) is 4.11. The molecule has 0 saturated heterocycles. The fraction of sp³-hybridized carbons (Fsp3) is 0.733. The average Bonchev–Trinajstić information content (AvgIpc) is 2.66. The van der Waals surface area contributed by atoms with Crippen LogP contribution in [-0.2, 0) is 4.79 Å². The Morgan fingerprint density at radius 3 is 2.55 bits per heavy atom. The first-order valence-corrected chi connectivity index (χ1v) is 8.00. The van der Waals surface area contributed by atoms with Crippen LogP contribution in [0.15, 0.2) is 0 Å². The smallest absolute Gasteiger partial charge is 0.220 e. The first-order chi connectivity index (χ1) is 9.25. The monoisotopic (exact) mass is 297 g/mol. The number of aryl methyl sites for hydroxylation is 2. The Kier molecular flexibility index (Phi) is 6.14. The van der Waals surface area contributed by atoms with Crippen molar-refractivity contribution in [2.45, 2.75) is 59.9 Å². The van der Waals surface area contributed by atoms with Gasteiger partial charge in [0.2, 0.25) is 5.91 Å². The molecule has 3 N–H and O–H groups in total. The quantitative estimate of drug-likeness (QED) is 0.812. The molecule has 1 aromatic rings. The minimum absolute atomic E-state index is 0.0336. The Balaban J connectivity index is 2.48. The predicted molar refractivity (Wildman–Crippen MR) is 84.8 cm³/mol. The summed E-state index contributed by atoms with van der Waals surface area (Å²) in [6.45, 7) is 11.0. The van der Waals surface area contributed by atoms with Crippen molar-refractivity contribution in [3.63, 3.8) is 0 Å². The van der Waals surface area contributed by atoms with Gasteiger partial charge in [-0.1, -0.05) is 13.8 Å². The molecule has 1 atom stereocenters. The van der Waals surface area contributed by atoms with Crippen molar-refractivity contribution in [2.24, 2.45) is 11.1 Å². The minimum Gasteiger partial charge on any atom is -0.349 e. The van der Waals surface area contributed by atoms with E-state index >= 15 is 0 Å². The highest BCUT2D eigenvalue weighted by Gasteiger charge is 2.20. The van der Waals surface area contributed by atoms with Gasteiger partial charge in [-0.2, -0.15) is 0 Å². The number of hydrogen-bond donors (Lipinski definition) is 2. The molecule has 114 valence electrons. The number of amides is 1. The summed E-state index contributed by atoms with van der Waals surface area (Å²) in [7, 11) is 0. The molecule has 0 bridgehead atoms. The van der Waals surface area contributed by atoms with Crippen LogP contribution >= 0.6 is 11.3 Å². The van der Waals surface area contributed by atoms with Crippen molar-refractivity contribution < 1.29 is 4.79 Å². The highest BCUT2D eigenvalue weighted by atomic mass is 32.1. The van der Waals surface area contributed by atoms with Gasteiger partial charge in [-0.25, -0.2) is 4.98 Å². The summed E-state index contributed by atoms with van der Waals surface area (Å²) >= 11 is 1.65. The van der Waals surface area contributed by atoms with Gasteiger partial charge in [-0.05, 0) is 45.6 Å². The number of nitrogens with one attached hydrogen (secondary N) is 1. The van der Waals surface area contributed by atoms with E-state index in [1.54, 1.807) is 11.3 Å². The summed E-state index contributed by atoms with van der Waals surface area (Å²) in [6, 6.07) is 0.0336. The normalized spacial score (nSPS) is 13.3. The third-order valence-electron chi connectivity index (χ3n) is 3.56. The van der Waals surface area contributed by atoms with Crippen molar-refractivity contribution in [1.82, 2.24) is 10.3 Å². The molecule has 0 aliphatic carbocycles. The highest BCUT2D eigenvalue weighted by Crippen LogP contribution is 2.27. The summed E-state index contributed by atoms with van der Waals surface area (Å²) in [5.41, 5.74) is 6.74. The number of rotatable bonds is 7. The molecule has 1 heterocycles. The lowest BCUT2D eigenvalue weighted by Crippen LogP contribution is -2.28. The van der Waals surface area contributed by atoms with Gasteiger partial charge in [0.25, 0.3) is 0 Å². The maximum absolute atomic E-state index is 12.0. The highest BCUT2D eigenvalue weighted by molar-refractivity contribution is 7.11. The van der Waals surface area contributed by atoms with E-state index in [9.17, 15) is 4.79 Å². The first kappa shape index (κ1) is 17.1. The molecule has 0 spiro atoms. The number of nitrogens with zero attached hydrogens (tertiary/aromatic N) is 1. The van der Waals surface area contributed by atoms with Gasteiger partial charge < -0.3 is 11.1 Å². The van der Waals surface area contributed by atoms with Gasteiger partial charge >= 0.3 is 0 Å². The second-order valence-corrected chi connectivity index (χ2v) is 7.41. The van der Waals surface area contributed by atoms with E-state index in [0.29, 0.717) is 13.0 Å². The molecular weight excluding hydrogens is 270 g/mol. The number of thiazole rings is 1. The fourth-order valence-electron chi connectivity index (χ4n) is 2.30.